The molecule has 18 heavy (non-hydrogen) atoms. The first kappa shape index (κ1) is 11.7. The van der Waals surface area contributed by atoms with Gasteiger partial charge >= 0.3 is 0 Å². The van der Waals surface area contributed by atoms with Crippen LogP contribution < -0.4 is 5.32 Å². The molecule has 0 spiro atoms. The summed E-state index contributed by atoms with van der Waals surface area (Å²) in [5, 5.41) is 3.23. The van der Waals surface area contributed by atoms with Crippen molar-refractivity contribution in [3.8, 4) is 0 Å². The Labute approximate surface area is 108 Å². The number of amides is 1. The first-order valence-corrected chi connectivity index (χ1v) is 6.82. The van der Waals surface area contributed by atoms with E-state index in [1.807, 2.05) is 11.9 Å². The van der Waals surface area contributed by atoms with E-state index in [4.69, 9.17) is 0 Å². The lowest BCUT2D eigenvalue weighted by atomic mass is 9.82. The Bertz CT molecular complexity index is 454. The van der Waals surface area contributed by atoms with Crippen LogP contribution >= 0.6 is 0 Å². The summed E-state index contributed by atoms with van der Waals surface area (Å²) in [6.45, 7) is 1.88. The lowest BCUT2D eigenvalue weighted by molar-refractivity contribution is -0.134. The first-order valence-electron chi connectivity index (χ1n) is 6.82. The molecule has 1 heterocycles. The van der Waals surface area contributed by atoms with Crippen LogP contribution in [0, 0.1) is 0 Å². The second kappa shape index (κ2) is 4.73. The second-order valence-electron chi connectivity index (χ2n) is 5.40. The Kier molecular flexibility index (Phi) is 3.08. The molecular weight excluding hydrogens is 224 g/mol. The minimum atomic E-state index is 0.0838. The van der Waals surface area contributed by atoms with Gasteiger partial charge in [0.1, 0.15) is 0 Å². The number of benzene rings is 1. The smallest absolute Gasteiger partial charge is 0.230 e. The van der Waals surface area contributed by atoms with Gasteiger partial charge in [0, 0.05) is 20.1 Å². The maximum Gasteiger partial charge on any atom is 0.230 e. The Morgan fingerprint density at radius 3 is 2.83 bits per heavy atom. The van der Waals surface area contributed by atoms with Crippen molar-refractivity contribution in [1.82, 2.24) is 10.2 Å². The van der Waals surface area contributed by atoms with Gasteiger partial charge < -0.3 is 10.2 Å². The van der Waals surface area contributed by atoms with E-state index in [1.165, 1.54) is 11.1 Å². The lowest BCUT2D eigenvalue weighted by Gasteiger charge is -2.38. The SMILES string of the molecule is CN(C(=O)C1CCCc2ccccc21)C1CNC1. The van der Waals surface area contributed by atoms with Crippen molar-refractivity contribution in [3.63, 3.8) is 0 Å². The van der Waals surface area contributed by atoms with Gasteiger partial charge in [-0.2, -0.15) is 0 Å². The molecule has 3 heteroatoms. The maximum atomic E-state index is 12.6. The largest absolute Gasteiger partial charge is 0.340 e. The predicted molar refractivity (Wildman–Crippen MR) is 71.5 cm³/mol. The number of likely N-dealkylation sites (N-methyl/N-ethyl adjacent to an activating group) is 1. The molecule has 1 atom stereocenters. The Balaban J connectivity index is 1.82. The van der Waals surface area contributed by atoms with Crippen LogP contribution in [0.2, 0.25) is 0 Å². The van der Waals surface area contributed by atoms with Crippen molar-refractivity contribution in [2.45, 2.75) is 31.2 Å². The topological polar surface area (TPSA) is 32.3 Å². The van der Waals surface area contributed by atoms with Crippen molar-refractivity contribution in [2.24, 2.45) is 0 Å². The van der Waals surface area contributed by atoms with Crippen LogP contribution in [-0.2, 0) is 11.2 Å². The highest BCUT2D eigenvalue weighted by Crippen LogP contribution is 2.33. The number of carbonyl (C=O) groups is 1. The number of rotatable bonds is 2. The van der Waals surface area contributed by atoms with Crippen molar-refractivity contribution >= 4 is 5.91 Å². The molecule has 3 rings (SSSR count). The summed E-state index contributed by atoms with van der Waals surface area (Å²) in [7, 11) is 1.95. The molecule has 2 aliphatic rings. The van der Waals surface area contributed by atoms with E-state index in [9.17, 15) is 4.79 Å². The summed E-state index contributed by atoms with van der Waals surface area (Å²) < 4.78 is 0. The van der Waals surface area contributed by atoms with Gasteiger partial charge in [0.05, 0.1) is 12.0 Å². The van der Waals surface area contributed by atoms with E-state index in [1.54, 1.807) is 0 Å². The number of hydrogen-bond acceptors (Lipinski definition) is 2. The summed E-state index contributed by atoms with van der Waals surface area (Å²) in [6.07, 6.45) is 3.25. The van der Waals surface area contributed by atoms with Gasteiger partial charge in [-0.15, -0.1) is 0 Å². The number of nitrogens with one attached hydrogen (secondary N) is 1. The van der Waals surface area contributed by atoms with E-state index in [-0.39, 0.29) is 5.92 Å². The highest BCUT2D eigenvalue weighted by Gasteiger charge is 2.32. The van der Waals surface area contributed by atoms with Gasteiger partial charge in [0.25, 0.3) is 0 Å². The van der Waals surface area contributed by atoms with Gasteiger partial charge in [-0.25, -0.2) is 0 Å². The Hall–Kier alpha value is -1.35. The fourth-order valence-electron chi connectivity index (χ4n) is 2.98. The minimum Gasteiger partial charge on any atom is -0.340 e. The molecule has 3 nitrogen and oxygen atoms in total. The van der Waals surface area contributed by atoms with Crippen LogP contribution in [0.25, 0.3) is 0 Å². The zero-order valence-corrected chi connectivity index (χ0v) is 10.9. The molecule has 1 unspecified atom stereocenters. The van der Waals surface area contributed by atoms with Gasteiger partial charge in [0.15, 0.2) is 0 Å². The predicted octanol–water partition coefficient (Wildman–Crippen LogP) is 1.54. The molecule has 1 aromatic rings. The summed E-state index contributed by atoms with van der Waals surface area (Å²) in [5.41, 5.74) is 2.62. The maximum absolute atomic E-state index is 12.6. The summed E-state index contributed by atoms with van der Waals surface area (Å²) >= 11 is 0. The molecule has 1 aliphatic heterocycles. The van der Waals surface area contributed by atoms with Crippen molar-refractivity contribution in [1.29, 1.82) is 0 Å². The highest BCUT2D eigenvalue weighted by molar-refractivity contribution is 5.84. The number of carbonyl (C=O) groups excluding carboxylic acids is 1. The van der Waals surface area contributed by atoms with Crippen molar-refractivity contribution in [3.05, 3.63) is 35.4 Å². The lowest BCUT2D eigenvalue weighted by Crippen LogP contribution is -2.58. The van der Waals surface area contributed by atoms with Crippen LogP contribution in [0.1, 0.15) is 29.9 Å². The number of hydrogen-bond donors (Lipinski definition) is 1. The van der Waals surface area contributed by atoms with Crippen molar-refractivity contribution < 1.29 is 4.79 Å². The second-order valence-corrected chi connectivity index (χ2v) is 5.40. The van der Waals surface area contributed by atoms with Crippen LogP contribution in [0.4, 0.5) is 0 Å². The third-order valence-corrected chi connectivity index (χ3v) is 4.32. The fourth-order valence-corrected chi connectivity index (χ4v) is 2.98. The van der Waals surface area contributed by atoms with E-state index in [0.29, 0.717) is 11.9 Å². The Morgan fingerprint density at radius 2 is 2.11 bits per heavy atom. The number of fused-ring (bicyclic) bond motifs is 1. The number of aryl methyl sites for hydroxylation is 1. The summed E-state index contributed by atoms with van der Waals surface area (Å²) in [5.74, 6) is 0.384. The molecule has 0 bridgehead atoms. The van der Waals surface area contributed by atoms with E-state index in [0.717, 1.165) is 32.4 Å². The molecule has 0 aromatic heterocycles. The monoisotopic (exact) mass is 244 g/mol. The van der Waals surface area contributed by atoms with Crippen LogP contribution in [-0.4, -0.2) is 37.0 Å². The fraction of sp³-hybridized carbons (Fsp3) is 0.533. The molecule has 1 fully saturated rings. The zero-order chi connectivity index (χ0) is 12.5. The normalized spacial score (nSPS) is 23.1. The van der Waals surface area contributed by atoms with Gasteiger partial charge in [0.2, 0.25) is 5.91 Å². The zero-order valence-electron chi connectivity index (χ0n) is 10.9. The molecule has 1 saturated heterocycles. The van der Waals surface area contributed by atoms with Crippen LogP contribution in [0.3, 0.4) is 0 Å². The third-order valence-electron chi connectivity index (χ3n) is 4.32. The molecule has 1 aromatic carbocycles. The molecule has 1 N–H and O–H groups in total. The van der Waals surface area contributed by atoms with E-state index >= 15 is 0 Å². The summed E-state index contributed by atoms with van der Waals surface area (Å²) in [4.78, 5) is 14.5. The molecule has 96 valence electrons. The van der Waals surface area contributed by atoms with Crippen molar-refractivity contribution in [2.75, 3.05) is 20.1 Å². The first-order chi connectivity index (χ1) is 8.77. The third kappa shape index (κ3) is 1.93. The highest BCUT2D eigenvalue weighted by atomic mass is 16.2. The van der Waals surface area contributed by atoms with Gasteiger partial charge in [-0.1, -0.05) is 24.3 Å². The van der Waals surface area contributed by atoms with E-state index in [2.05, 4.69) is 29.6 Å². The van der Waals surface area contributed by atoms with Crippen LogP contribution in [0.5, 0.6) is 0 Å². The molecule has 0 saturated carbocycles. The summed E-state index contributed by atoms with van der Waals surface area (Å²) in [6, 6.07) is 8.82. The molecule has 1 amide bonds. The minimum absolute atomic E-state index is 0.0838. The van der Waals surface area contributed by atoms with E-state index < -0.39 is 0 Å². The molecule has 0 radical (unpaired) electrons. The van der Waals surface area contributed by atoms with Gasteiger partial charge in [-0.05, 0) is 30.4 Å². The molecular formula is C15H20N2O. The molecule has 1 aliphatic carbocycles. The quantitative estimate of drug-likeness (QED) is 0.856. The number of nitrogens with zero attached hydrogens (tertiary/aromatic N) is 1. The Morgan fingerprint density at radius 1 is 1.33 bits per heavy atom. The average Bonchev–Trinajstić information content (AvgIpc) is 2.35. The standard InChI is InChI=1S/C15H20N2O/c1-17(12-9-16-10-12)15(18)14-8-4-6-11-5-2-3-7-13(11)14/h2-3,5,7,12,14,16H,4,6,8-10H2,1H3. The van der Waals surface area contributed by atoms with Gasteiger partial charge in [-0.3, -0.25) is 4.79 Å². The average molecular weight is 244 g/mol. The van der Waals surface area contributed by atoms with Crippen LogP contribution in [0.15, 0.2) is 24.3 Å².